The fourth-order valence-electron chi connectivity index (χ4n) is 2.26. The molecule has 24 heavy (non-hydrogen) atoms. The van der Waals surface area contributed by atoms with E-state index in [1.165, 1.54) is 0 Å². The maximum absolute atomic E-state index is 12.3. The zero-order chi connectivity index (χ0) is 17.5. The lowest BCUT2D eigenvalue weighted by molar-refractivity contribution is -0.115. The lowest BCUT2D eigenvalue weighted by atomic mass is 10.1. The van der Waals surface area contributed by atoms with Gasteiger partial charge in [0.15, 0.2) is 11.5 Å². The Morgan fingerprint density at radius 1 is 0.833 bits per heavy atom. The summed E-state index contributed by atoms with van der Waals surface area (Å²) in [5.41, 5.74) is 1.43. The average Bonchev–Trinajstić information content (AvgIpc) is 2.60. The maximum atomic E-state index is 12.3. The molecular weight excluding hydrogens is 310 g/mol. The summed E-state index contributed by atoms with van der Waals surface area (Å²) >= 11 is 0. The van der Waals surface area contributed by atoms with Gasteiger partial charge < -0.3 is 24.3 Å². The Balaban J connectivity index is 2.11. The van der Waals surface area contributed by atoms with Gasteiger partial charge in [0.25, 0.3) is 0 Å². The summed E-state index contributed by atoms with van der Waals surface area (Å²) in [6.07, 6.45) is 0.208. The molecule has 6 nitrogen and oxygen atoms in total. The van der Waals surface area contributed by atoms with Crippen molar-refractivity contribution in [1.29, 1.82) is 0 Å². The number of anilines is 1. The van der Waals surface area contributed by atoms with Crippen LogP contribution in [0.5, 0.6) is 23.0 Å². The number of carbonyl (C=O) groups excluding carboxylic acids is 1. The monoisotopic (exact) mass is 331 g/mol. The molecule has 0 atom stereocenters. The molecule has 0 unspecified atom stereocenters. The third-order valence-electron chi connectivity index (χ3n) is 3.45. The van der Waals surface area contributed by atoms with Crippen LogP contribution in [0.15, 0.2) is 36.4 Å². The summed E-state index contributed by atoms with van der Waals surface area (Å²) in [5.74, 6) is 2.27. The molecule has 0 heterocycles. The van der Waals surface area contributed by atoms with Crippen molar-refractivity contribution in [3.63, 3.8) is 0 Å². The Bertz CT molecular complexity index is 692. The molecule has 0 bridgehead atoms. The molecular formula is C18H21NO5. The Kier molecular flexibility index (Phi) is 5.89. The molecule has 0 fully saturated rings. The average molecular weight is 331 g/mol. The van der Waals surface area contributed by atoms with Crippen molar-refractivity contribution in [2.24, 2.45) is 0 Å². The van der Waals surface area contributed by atoms with Gasteiger partial charge in [-0.25, -0.2) is 0 Å². The fourth-order valence-corrected chi connectivity index (χ4v) is 2.26. The molecule has 2 aromatic rings. The smallest absolute Gasteiger partial charge is 0.228 e. The van der Waals surface area contributed by atoms with Crippen LogP contribution in [0.2, 0.25) is 0 Å². The van der Waals surface area contributed by atoms with Crippen LogP contribution in [0, 0.1) is 0 Å². The number of methoxy groups -OCH3 is 4. The van der Waals surface area contributed by atoms with Gasteiger partial charge in [-0.15, -0.1) is 0 Å². The molecule has 0 aromatic heterocycles. The van der Waals surface area contributed by atoms with Crippen LogP contribution in [0.25, 0.3) is 0 Å². The van der Waals surface area contributed by atoms with E-state index >= 15 is 0 Å². The third-order valence-corrected chi connectivity index (χ3v) is 3.45. The number of ether oxygens (including phenoxy) is 4. The van der Waals surface area contributed by atoms with Crippen LogP contribution >= 0.6 is 0 Å². The predicted molar refractivity (Wildman–Crippen MR) is 91.4 cm³/mol. The first-order chi connectivity index (χ1) is 11.6. The summed E-state index contributed by atoms with van der Waals surface area (Å²) in [4.78, 5) is 12.3. The van der Waals surface area contributed by atoms with Crippen molar-refractivity contribution in [2.45, 2.75) is 6.42 Å². The van der Waals surface area contributed by atoms with E-state index < -0.39 is 0 Å². The molecule has 2 aromatic carbocycles. The minimum absolute atomic E-state index is 0.155. The van der Waals surface area contributed by atoms with E-state index in [-0.39, 0.29) is 12.3 Å². The summed E-state index contributed by atoms with van der Waals surface area (Å²) in [7, 11) is 6.25. The topological polar surface area (TPSA) is 66.0 Å². The second-order valence-corrected chi connectivity index (χ2v) is 5.02. The Labute approximate surface area is 141 Å². The van der Waals surface area contributed by atoms with Crippen LogP contribution < -0.4 is 24.3 Å². The first-order valence-electron chi connectivity index (χ1n) is 7.33. The highest BCUT2D eigenvalue weighted by molar-refractivity contribution is 5.92. The minimum atomic E-state index is -0.155. The molecule has 6 heteroatoms. The molecule has 0 saturated heterocycles. The van der Waals surface area contributed by atoms with Gasteiger partial charge in [0.1, 0.15) is 11.5 Å². The lowest BCUT2D eigenvalue weighted by Crippen LogP contribution is -2.14. The quantitative estimate of drug-likeness (QED) is 0.845. The van der Waals surface area contributed by atoms with Crippen molar-refractivity contribution < 1.29 is 23.7 Å². The molecule has 0 spiro atoms. The SMILES string of the molecule is COc1cc(NC(=O)Cc2ccc(OC)c(OC)c2)cc(OC)c1. The largest absolute Gasteiger partial charge is 0.497 e. The van der Waals surface area contributed by atoms with Crippen molar-refractivity contribution >= 4 is 11.6 Å². The number of hydrogen-bond acceptors (Lipinski definition) is 5. The van der Waals surface area contributed by atoms with Crippen LogP contribution in [0.1, 0.15) is 5.56 Å². The second-order valence-electron chi connectivity index (χ2n) is 5.02. The maximum Gasteiger partial charge on any atom is 0.228 e. The number of nitrogens with one attached hydrogen (secondary N) is 1. The van der Waals surface area contributed by atoms with Crippen molar-refractivity contribution in [3.8, 4) is 23.0 Å². The molecule has 0 aliphatic heterocycles. The van der Waals surface area contributed by atoms with Crippen molar-refractivity contribution in [2.75, 3.05) is 33.8 Å². The number of hydrogen-bond donors (Lipinski definition) is 1. The van der Waals surface area contributed by atoms with E-state index in [9.17, 15) is 4.79 Å². The van der Waals surface area contributed by atoms with Crippen LogP contribution in [-0.4, -0.2) is 34.3 Å². The van der Waals surface area contributed by atoms with Gasteiger partial charge in [0, 0.05) is 23.9 Å². The fraction of sp³-hybridized carbons (Fsp3) is 0.278. The standard InChI is InChI=1S/C18H21NO5/c1-21-14-9-13(10-15(11-14)22-2)19-18(20)8-12-5-6-16(23-3)17(7-12)24-4/h5-7,9-11H,8H2,1-4H3,(H,19,20). The van der Waals surface area contributed by atoms with E-state index in [0.29, 0.717) is 28.7 Å². The second kappa shape index (κ2) is 8.10. The van der Waals surface area contributed by atoms with Gasteiger partial charge in [-0.3, -0.25) is 4.79 Å². The first kappa shape index (κ1) is 17.5. The third kappa shape index (κ3) is 4.32. The number of carbonyl (C=O) groups is 1. The van der Waals surface area contributed by atoms with Crippen molar-refractivity contribution in [1.82, 2.24) is 0 Å². The van der Waals surface area contributed by atoms with Gasteiger partial charge >= 0.3 is 0 Å². The number of rotatable bonds is 7. The normalized spacial score (nSPS) is 10.0. The van der Waals surface area contributed by atoms with Gasteiger partial charge in [-0.2, -0.15) is 0 Å². The lowest BCUT2D eigenvalue weighted by Gasteiger charge is -2.11. The Morgan fingerprint density at radius 2 is 1.46 bits per heavy atom. The zero-order valence-corrected chi connectivity index (χ0v) is 14.2. The molecule has 0 aliphatic rings. The molecule has 2 rings (SSSR count). The molecule has 0 aliphatic carbocycles. The molecule has 0 radical (unpaired) electrons. The first-order valence-corrected chi connectivity index (χ1v) is 7.33. The molecule has 0 saturated carbocycles. The van der Waals surface area contributed by atoms with E-state index in [1.54, 1.807) is 58.8 Å². The summed E-state index contributed by atoms with van der Waals surface area (Å²) in [5, 5.41) is 2.83. The highest BCUT2D eigenvalue weighted by Gasteiger charge is 2.10. The Morgan fingerprint density at radius 3 is 2.00 bits per heavy atom. The molecule has 128 valence electrons. The number of amides is 1. The summed E-state index contributed by atoms with van der Waals surface area (Å²) in [6.45, 7) is 0. The summed E-state index contributed by atoms with van der Waals surface area (Å²) in [6, 6.07) is 10.6. The van der Waals surface area contributed by atoms with E-state index in [2.05, 4.69) is 5.32 Å². The highest BCUT2D eigenvalue weighted by atomic mass is 16.5. The number of benzene rings is 2. The van der Waals surface area contributed by atoms with Gasteiger partial charge in [-0.05, 0) is 17.7 Å². The van der Waals surface area contributed by atoms with E-state index in [1.807, 2.05) is 6.07 Å². The van der Waals surface area contributed by atoms with Gasteiger partial charge in [-0.1, -0.05) is 6.07 Å². The van der Waals surface area contributed by atoms with E-state index in [4.69, 9.17) is 18.9 Å². The molecule has 1 amide bonds. The van der Waals surface area contributed by atoms with E-state index in [0.717, 1.165) is 5.56 Å². The van der Waals surface area contributed by atoms with Gasteiger partial charge in [0.05, 0.1) is 34.9 Å². The van der Waals surface area contributed by atoms with Crippen LogP contribution in [0.3, 0.4) is 0 Å². The predicted octanol–water partition coefficient (Wildman–Crippen LogP) is 2.90. The van der Waals surface area contributed by atoms with Crippen LogP contribution in [-0.2, 0) is 11.2 Å². The van der Waals surface area contributed by atoms with Crippen molar-refractivity contribution in [3.05, 3.63) is 42.0 Å². The summed E-state index contributed by atoms with van der Waals surface area (Å²) < 4.78 is 20.8. The van der Waals surface area contributed by atoms with Gasteiger partial charge in [0.2, 0.25) is 5.91 Å². The molecule has 1 N–H and O–H groups in total. The minimum Gasteiger partial charge on any atom is -0.497 e. The van der Waals surface area contributed by atoms with Crippen LogP contribution in [0.4, 0.5) is 5.69 Å². The zero-order valence-electron chi connectivity index (χ0n) is 14.2. The highest BCUT2D eigenvalue weighted by Crippen LogP contribution is 2.28. The Hall–Kier alpha value is -2.89.